The zero-order chi connectivity index (χ0) is 140. The summed E-state index contributed by atoms with van der Waals surface area (Å²) >= 11 is 0. The number of halogens is 4. The first-order valence-electron chi connectivity index (χ1n) is 69.5. The van der Waals surface area contributed by atoms with E-state index in [1.807, 2.05) is 72.8 Å². The first-order chi connectivity index (χ1) is 91.8. The molecule has 0 heterocycles. The maximum Gasteiger partial charge on any atom is 0.148 e. The Balaban J connectivity index is 0.000000188. The van der Waals surface area contributed by atoms with E-state index in [-0.39, 0.29) is 77.9 Å². The predicted molar refractivity (Wildman–Crippen MR) is 597 cm³/mol. The summed E-state index contributed by atoms with van der Waals surface area (Å²) in [7, 11) is 0. The standard InChI is InChI=1S/C72H46F2N2.C64H42F2N2/c73-65-45-57(47-17-5-1-6-18-47)43-63(51-23-9-3-10-24-51)71(65)75(59-35-29-49-21-13-15-27-55(49)41-59)67-39-33-53-32-38-62-68(40-34-54-31-37-61(67)69(53)70(54)62)76(60-36-30-50-22-14-16-28-56(50)42-60)72-64(52-25-11-4-12-26-52)44-58(46-66(72)74)48-19-7-2-8-20-48;65-57-41-49(43-19-7-1-8-20-43)39-55(45-23-11-3-12-24-45)63(57)67(51-27-15-5-16-28-51)59-37-33-47-32-36-54-60(38-34-48-31-35-53(59)61(47)62(48)54)68(52-29-17-6-18-30-52)64-56(46-25-13-4-14-26-46)40-50(42-58(64)66)44-21-9-2-10-22-44/h1-46H;1-42H/i1D,2D,3D,4D,5D,6D,7D,8D,9D,10D,11D,12D,17D,18D,19D,20D,23D,24D,25D,26D;1D,2D,3D,4D,5D,6D,7D,8D,9D,10D,11D,12D,13D,14D,15D,16D,17D,18D,19D,20D,21D,22D,23D,24D,25D,26D,27D,28D,29D,30D. The Morgan fingerprint density at radius 2 is 0.347 bits per heavy atom. The molecule has 0 saturated heterocycles. The highest BCUT2D eigenvalue weighted by Gasteiger charge is 2.33. The van der Waals surface area contributed by atoms with Crippen molar-refractivity contribution >= 4 is 154 Å². The van der Waals surface area contributed by atoms with Crippen molar-refractivity contribution in [3.05, 3.63) is 556 Å². The van der Waals surface area contributed by atoms with Gasteiger partial charge in [0.15, 0.2) is 0 Å². The minimum Gasteiger partial charge on any atom is -0.307 e. The molecule has 4 nitrogen and oxygen atoms in total. The summed E-state index contributed by atoms with van der Waals surface area (Å²) in [5.74, 6) is -5.16. The minimum atomic E-state index is -1.49. The largest absolute Gasteiger partial charge is 0.307 e. The molecule has 0 radical (unpaired) electrons. The van der Waals surface area contributed by atoms with Crippen molar-refractivity contribution < 1.29 is 86.1 Å². The Morgan fingerprint density at radius 1 is 0.153 bits per heavy atom. The van der Waals surface area contributed by atoms with E-state index in [1.165, 1.54) is 70.5 Å². The Labute approximate surface area is 902 Å². The van der Waals surface area contributed by atoms with Gasteiger partial charge >= 0.3 is 0 Å². The van der Waals surface area contributed by atoms with Gasteiger partial charge in [-0.2, -0.15) is 0 Å². The molecule has 26 aromatic rings. The number of hydrogen-bond acceptors (Lipinski definition) is 4. The van der Waals surface area contributed by atoms with E-state index in [0.717, 1.165) is 44.8 Å². The van der Waals surface area contributed by atoms with Crippen molar-refractivity contribution in [2.45, 2.75) is 0 Å². The van der Waals surface area contributed by atoms with Gasteiger partial charge in [-0.05, 0) is 253 Å². The van der Waals surface area contributed by atoms with Crippen LogP contribution in [0.4, 0.5) is 85.8 Å². The van der Waals surface area contributed by atoms with E-state index < -0.39 is 415 Å². The molecule has 0 aliphatic heterocycles. The third-order valence-electron chi connectivity index (χ3n) is 25.0. The van der Waals surface area contributed by atoms with Crippen LogP contribution in [0.15, 0.2) is 533 Å². The van der Waals surface area contributed by atoms with Gasteiger partial charge in [0.2, 0.25) is 0 Å². The van der Waals surface area contributed by atoms with Crippen LogP contribution in [0.25, 0.3) is 175 Å². The van der Waals surface area contributed by atoms with Gasteiger partial charge in [-0.15, -0.1) is 0 Å². The lowest BCUT2D eigenvalue weighted by molar-refractivity contribution is 0.629. The molecular formula is C136H88F4N4. The highest BCUT2D eigenvalue weighted by molar-refractivity contribution is 6.30. The maximum atomic E-state index is 18.7. The molecule has 0 saturated carbocycles. The van der Waals surface area contributed by atoms with Crippen LogP contribution >= 0.6 is 0 Å². The van der Waals surface area contributed by atoms with Crippen molar-refractivity contribution in [3.63, 3.8) is 0 Å². The number of benzene rings is 26. The van der Waals surface area contributed by atoms with E-state index in [2.05, 4.69) is 0 Å². The van der Waals surface area contributed by atoms with E-state index in [4.69, 9.17) is 52.1 Å². The lowest BCUT2D eigenvalue weighted by Gasteiger charge is -2.32. The molecule has 144 heavy (non-hydrogen) atoms. The van der Waals surface area contributed by atoms with Crippen LogP contribution in [-0.4, -0.2) is 0 Å². The van der Waals surface area contributed by atoms with Crippen LogP contribution in [0.5, 0.6) is 0 Å². The second-order valence-corrected chi connectivity index (χ2v) is 33.0. The second kappa shape index (κ2) is 37.2. The molecule has 8 heteroatoms. The van der Waals surface area contributed by atoms with Gasteiger partial charge in [-0.1, -0.05) is 411 Å². The van der Waals surface area contributed by atoms with E-state index in [0.29, 0.717) is 77.4 Å². The van der Waals surface area contributed by atoms with Gasteiger partial charge in [0.05, 0.1) is 114 Å². The fourth-order valence-corrected chi connectivity index (χ4v) is 18.9. The number of para-hydroxylation sites is 2. The first-order valence-corrected chi connectivity index (χ1v) is 44.5. The summed E-state index contributed by atoms with van der Waals surface area (Å²) in [6.45, 7) is 0. The number of anilines is 12. The van der Waals surface area contributed by atoms with Crippen LogP contribution in [0, 0.1) is 23.3 Å². The topological polar surface area (TPSA) is 13.0 Å². The molecule has 0 spiro atoms. The summed E-state index contributed by atoms with van der Waals surface area (Å²) in [6, 6.07) is 16.5. The highest BCUT2D eigenvalue weighted by atomic mass is 19.1. The minimum absolute atomic E-state index is 0.0194. The Hall–Kier alpha value is -18.8. The summed E-state index contributed by atoms with van der Waals surface area (Å²) in [4.78, 5) is 4.75. The van der Waals surface area contributed by atoms with Gasteiger partial charge in [-0.25, -0.2) is 17.6 Å². The molecular weight excluding hydrogens is 1770 g/mol. The van der Waals surface area contributed by atoms with E-state index in [9.17, 15) is 16.4 Å². The Bertz CT molecular complexity index is 11700. The van der Waals surface area contributed by atoms with Crippen LogP contribution in [0.2, 0.25) is 0 Å². The van der Waals surface area contributed by atoms with E-state index >= 15 is 17.6 Å². The molecule has 0 amide bonds. The molecule has 0 N–H and O–H groups in total. The van der Waals surface area contributed by atoms with Gasteiger partial charge in [0, 0.05) is 66.5 Å². The lowest BCUT2D eigenvalue weighted by atomic mass is 9.90. The molecule has 0 aliphatic carbocycles. The molecule has 0 atom stereocenters. The molecule has 0 unspecified atom stereocenters. The average molecular weight is 1900 g/mol. The number of nitrogens with zero attached hydrogens (tertiary/aromatic N) is 4. The zero-order valence-corrected chi connectivity index (χ0v) is 74.2. The second-order valence-electron chi connectivity index (χ2n) is 33.0. The van der Waals surface area contributed by atoms with E-state index in [1.54, 1.807) is 60.7 Å². The smallest absolute Gasteiger partial charge is 0.148 e. The lowest BCUT2D eigenvalue weighted by Crippen LogP contribution is -2.15. The van der Waals surface area contributed by atoms with Crippen molar-refractivity contribution in [2.75, 3.05) is 19.6 Å². The zero-order valence-electron chi connectivity index (χ0n) is 124. The summed E-state index contributed by atoms with van der Waals surface area (Å²) in [5, 5.41) is 7.04. The summed E-state index contributed by atoms with van der Waals surface area (Å²) < 4.78 is 518. The van der Waals surface area contributed by atoms with Gasteiger partial charge < -0.3 is 19.6 Å². The average Bonchev–Trinajstić information content (AvgIpc) is 0.698. The Kier molecular flexibility index (Phi) is 12.6. The third-order valence-corrected chi connectivity index (χ3v) is 25.0. The van der Waals surface area contributed by atoms with Gasteiger partial charge in [0.25, 0.3) is 0 Å². The molecule has 680 valence electrons. The summed E-state index contributed by atoms with van der Waals surface area (Å²) in [5.41, 5.74) is -11.7. The fraction of sp³-hybridized carbons (Fsp3) is 0. The molecule has 0 bridgehead atoms. The maximum absolute atomic E-state index is 18.7. The SMILES string of the molecule is [2H]c1c([2H])c([2H])c(-c2cc(F)c(N(c3c([2H])c([2H])c([2H])c([2H])c3[2H])c3ccc4ccc5c(N(c6c(F)cc(-c7c([2H])c([2H])c([2H])c([2H])c7[2H])cc6-c6c([2H])c([2H])c([2H])c([2H])c6[2H])c6c([2H])c([2H])c([2H])c([2H])c6[2H])ccc6ccc3c4c65)c(-c3c([2H])c([2H])c([2H])c([2H])c3[2H])c2)c([2H])c1[2H].[2H]c1c([2H])c([2H])c(-c2cc(F)c(N(c3ccc4ccccc4c3)c3ccc4ccc5c(N(c6ccc7ccccc7c6)c6c(F)cc(-c7c([2H])c([2H])c([2H])c([2H])c7[2H])cc6-c6c([2H])c([2H])c([2H])c([2H])c6[2H])ccc6ccc3c4c65)c(-c3c([2H])c([2H])c([2H])c([2H])c3[2H])c2)c([2H])c1[2H]. The third kappa shape index (κ3) is 15.8. The summed E-state index contributed by atoms with van der Waals surface area (Å²) in [6.07, 6.45) is 0. The Morgan fingerprint density at radius 3 is 0.583 bits per heavy atom. The van der Waals surface area contributed by atoms with Crippen molar-refractivity contribution in [2.24, 2.45) is 0 Å². The molecule has 26 aromatic carbocycles. The normalized spacial score (nSPS) is 16.3. The van der Waals surface area contributed by atoms with Crippen LogP contribution in [0.3, 0.4) is 0 Å². The number of rotatable bonds is 20. The van der Waals surface area contributed by atoms with Crippen LogP contribution in [-0.2, 0) is 0 Å². The van der Waals surface area contributed by atoms with Gasteiger partial charge in [-0.3, -0.25) is 0 Å². The quantitative estimate of drug-likeness (QED) is 0.0557. The highest BCUT2D eigenvalue weighted by Crippen LogP contribution is 2.57. The molecule has 0 fully saturated rings. The van der Waals surface area contributed by atoms with Gasteiger partial charge in [0.1, 0.15) is 23.3 Å². The van der Waals surface area contributed by atoms with Crippen molar-refractivity contribution in [1.29, 1.82) is 0 Å². The number of hydrogen-bond donors (Lipinski definition) is 0. The molecule has 26 rings (SSSR count). The molecule has 0 aromatic heterocycles. The fourth-order valence-electron chi connectivity index (χ4n) is 18.9. The van der Waals surface area contributed by atoms with Crippen LogP contribution < -0.4 is 19.6 Å². The number of fused-ring (bicyclic) bond motifs is 2. The van der Waals surface area contributed by atoms with Crippen LogP contribution in [0.1, 0.15) is 68.5 Å². The van der Waals surface area contributed by atoms with Crippen molar-refractivity contribution in [3.8, 4) is 89.0 Å². The first kappa shape index (κ1) is 48.7. The van der Waals surface area contributed by atoms with Crippen molar-refractivity contribution in [1.82, 2.24) is 0 Å². The molecule has 0 aliphatic rings. The monoisotopic (exact) mass is 1900 g/mol. The predicted octanol–water partition coefficient (Wildman–Crippen LogP) is 39.2.